The van der Waals surface area contributed by atoms with Crippen molar-refractivity contribution in [3.63, 3.8) is 0 Å². The number of nitrogens with one attached hydrogen (secondary N) is 1. The lowest BCUT2D eigenvalue weighted by molar-refractivity contribution is -0.141. The fourth-order valence-electron chi connectivity index (χ4n) is 2.14. The minimum absolute atomic E-state index is 0.0546. The van der Waals surface area contributed by atoms with Gasteiger partial charge in [-0.15, -0.1) is 5.10 Å². The zero-order valence-corrected chi connectivity index (χ0v) is 13.7. The maximum Gasteiger partial charge on any atom is 0.417 e. The predicted octanol–water partition coefficient (Wildman–Crippen LogP) is 1.91. The number of hydrogen-bond donors (Lipinski definition) is 2. The summed E-state index contributed by atoms with van der Waals surface area (Å²) in [4.78, 5) is 26.7. The van der Waals surface area contributed by atoms with E-state index in [1.54, 1.807) is 0 Å². The number of carbonyl (C=O) groups is 2. The van der Waals surface area contributed by atoms with E-state index in [2.05, 4.69) is 20.6 Å². The molecule has 0 aliphatic rings. The fourth-order valence-corrected chi connectivity index (χ4v) is 2.14. The molecule has 11 heteroatoms. The molecule has 1 amide bonds. The third kappa shape index (κ3) is 4.77. The normalized spacial score (nSPS) is 12.6. The summed E-state index contributed by atoms with van der Waals surface area (Å²) in [6.45, 7) is 1.77. The van der Waals surface area contributed by atoms with Gasteiger partial charge in [0.15, 0.2) is 11.5 Å². The smallest absolute Gasteiger partial charge is 0.417 e. The van der Waals surface area contributed by atoms with Crippen LogP contribution in [0.5, 0.6) is 0 Å². The van der Waals surface area contributed by atoms with Gasteiger partial charge in [0.1, 0.15) is 0 Å². The van der Waals surface area contributed by atoms with Crippen LogP contribution in [0.4, 0.5) is 13.2 Å². The van der Waals surface area contributed by atoms with Crippen LogP contribution in [0.2, 0.25) is 0 Å². The van der Waals surface area contributed by atoms with Crippen LogP contribution < -0.4 is 5.32 Å². The number of carboxylic acids is 1. The molecule has 0 bridgehead atoms. The predicted molar refractivity (Wildman–Crippen MR) is 82.5 cm³/mol. The maximum absolute atomic E-state index is 12.5. The van der Waals surface area contributed by atoms with E-state index >= 15 is 0 Å². The average Bonchev–Trinajstić information content (AvgIpc) is 3.07. The Hall–Kier alpha value is -2.98. The molecular weight excluding hydrogens is 355 g/mol. The van der Waals surface area contributed by atoms with Gasteiger partial charge in [0.25, 0.3) is 5.91 Å². The molecule has 0 aromatic carbocycles. The first-order chi connectivity index (χ1) is 12.2. The van der Waals surface area contributed by atoms with E-state index in [1.807, 2.05) is 6.92 Å². The number of hydrogen-bond acceptors (Lipinski definition) is 5. The molecule has 0 saturated heterocycles. The third-order valence-electron chi connectivity index (χ3n) is 3.53. The molecule has 1 atom stereocenters. The largest absolute Gasteiger partial charge is 0.481 e. The van der Waals surface area contributed by atoms with E-state index in [0.29, 0.717) is 19.0 Å². The van der Waals surface area contributed by atoms with Gasteiger partial charge in [-0.2, -0.15) is 13.2 Å². The highest BCUT2D eigenvalue weighted by Gasteiger charge is 2.30. The Balaban J connectivity index is 2.04. The van der Waals surface area contributed by atoms with Gasteiger partial charge in [0.05, 0.1) is 17.7 Å². The summed E-state index contributed by atoms with van der Waals surface area (Å²) >= 11 is 0. The minimum atomic E-state index is -4.50. The van der Waals surface area contributed by atoms with Crippen molar-refractivity contribution >= 4 is 11.9 Å². The van der Waals surface area contributed by atoms with Crippen molar-refractivity contribution in [2.75, 3.05) is 6.54 Å². The van der Waals surface area contributed by atoms with Crippen molar-refractivity contribution in [3.05, 3.63) is 35.8 Å². The average molecular weight is 371 g/mol. The molecule has 1 unspecified atom stereocenters. The van der Waals surface area contributed by atoms with Crippen molar-refractivity contribution in [3.8, 4) is 5.82 Å². The van der Waals surface area contributed by atoms with Crippen LogP contribution in [0.15, 0.2) is 24.5 Å². The van der Waals surface area contributed by atoms with Crippen LogP contribution >= 0.6 is 0 Å². The molecule has 0 saturated carbocycles. The Kier molecular flexibility index (Phi) is 5.90. The number of nitrogens with zero attached hydrogens (tertiary/aromatic N) is 4. The highest BCUT2D eigenvalue weighted by molar-refractivity contribution is 5.92. The lowest BCUT2D eigenvalue weighted by Crippen LogP contribution is -2.33. The number of carboxylic acid groups (broad SMARTS) is 1. The van der Waals surface area contributed by atoms with E-state index in [1.165, 1.54) is 6.20 Å². The number of rotatable bonds is 7. The van der Waals surface area contributed by atoms with E-state index < -0.39 is 29.5 Å². The summed E-state index contributed by atoms with van der Waals surface area (Å²) in [5.74, 6) is -2.30. The van der Waals surface area contributed by atoms with Crippen molar-refractivity contribution in [2.45, 2.75) is 25.9 Å². The van der Waals surface area contributed by atoms with E-state index in [9.17, 15) is 22.8 Å². The van der Waals surface area contributed by atoms with Gasteiger partial charge in [0.2, 0.25) is 0 Å². The van der Waals surface area contributed by atoms with Crippen molar-refractivity contribution < 1.29 is 27.9 Å². The molecule has 0 fully saturated rings. The lowest BCUT2D eigenvalue weighted by Gasteiger charge is -2.11. The van der Waals surface area contributed by atoms with Gasteiger partial charge >= 0.3 is 12.1 Å². The summed E-state index contributed by atoms with van der Waals surface area (Å²) in [5.41, 5.74) is -1.01. The molecule has 2 N–H and O–H groups in total. The summed E-state index contributed by atoms with van der Waals surface area (Å²) < 4.78 is 38.6. The standard InChI is InChI=1S/C15H16F3N5O3/c1-2-3-9(14(25)26)6-20-13(24)11-8-23(22-21-11)12-5-4-10(7-19-12)15(16,17)18/h4-5,7-9H,2-3,6H2,1H3,(H,20,24)(H,25,26). The quantitative estimate of drug-likeness (QED) is 0.769. The third-order valence-corrected chi connectivity index (χ3v) is 3.53. The fraction of sp³-hybridized carbons (Fsp3) is 0.400. The second kappa shape index (κ2) is 7.93. The van der Waals surface area contributed by atoms with Gasteiger partial charge in [-0.3, -0.25) is 9.59 Å². The van der Waals surface area contributed by atoms with Gasteiger partial charge in [0, 0.05) is 12.7 Å². The highest BCUT2D eigenvalue weighted by Crippen LogP contribution is 2.28. The SMILES string of the molecule is CCCC(CNC(=O)c1cn(-c2ccc(C(F)(F)F)cn2)nn1)C(=O)O. The summed E-state index contributed by atoms with van der Waals surface area (Å²) in [6.07, 6.45) is -1.59. The van der Waals surface area contributed by atoms with Crippen molar-refractivity contribution in [1.29, 1.82) is 0 Å². The molecular formula is C15H16F3N5O3. The first kappa shape index (κ1) is 19.3. The molecule has 140 valence electrons. The van der Waals surface area contributed by atoms with Crippen LogP contribution in [0.25, 0.3) is 5.82 Å². The number of aliphatic carboxylic acids is 1. The number of alkyl halides is 3. The molecule has 2 rings (SSSR count). The van der Waals surface area contributed by atoms with Crippen LogP contribution in [0.3, 0.4) is 0 Å². The minimum Gasteiger partial charge on any atom is -0.481 e. The molecule has 26 heavy (non-hydrogen) atoms. The first-order valence-corrected chi connectivity index (χ1v) is 7.69. The Morgan fingerprint density at radius 2 is 2.08 bits per heavy atom. The second-order valence-electron chi connectivity index (χ2n) is 5.49. The molecule has 0 aliphatic carbocycles. The Labute approximate surface area is 146 Å². The van der Waals surface area contributed by atoms with E-state index in [0.717, 1.165) is 16.8 Å². The maximum atomic E-state index is 12.5. The number of aromatic nitrogens is 4. The zero-order valence-electron chi connectivity index (χ0n) is 13.7. The Bertz CT molecular complexity index is 774. The van der Waals surface area contributed by atoms with Gasteiger partial charge in [-0.05, 0) is 18.6 Å². The molecule has 0 aliphatic heterocycles. The van der Waals surface area contributed by atoms with Gasteiger partial charge in [-0.1, -0.05) is 18.6 Å². The molecule has 8 nitrogen and oxygen atoms in total. The summed E-state index contributed by atoms with van der Waals surface area (Å²) in [5, 5.41) is 18.8. The topological polar surface area (TPSA) is 110 Å². The Morgan fingerprint density at radius 3 is 2.62 bits per heavy atom. The highest BCUT2D eigenvalue weighted by atomic mass is 19.4. The van der Waals surface area contributed by atoms with Gasteiger partial charge < -0.3 is 10.4 Å². The zero-order chi connectivity index (χ0) is 19.3. The summed E-state index contributed by atoms with van der Waals surface area (Å²) in [7, 11) is 0. The van der Waals surface area contributed by atoms with Crippen LogP contribution in [-0.4, -0.2) is 43.5 Å². The van der Waals surface area contributed by atoms with Crippen LogP contribution in [0, 0.1) is 5.92 Å². The molecule has 0 spiro atoms. The summed E-state index contributed by atoms with van der Waals surface area (Å²) in [6, 6.07) is 1.94. The van der Waals surface area contributed by atoms with Crippen molar-refractivity contribution in [2.24, 2.45) is 5.92 Å². The van der Waals surface area contributed by atoms with Gasteiger partial charge in [-0.25, -0.2) is 9.67 Å². The molecule has 0 radical (unpaired) electrons. The van der Waals surface area contributed by atoms with Crippen molar-refractivity contribution in [1.82, 2.24) is 25.3 Å². The van der Waals surface area contributed by atoms with E-state index in [4.69, 9.17) is 5.11 Å². The molecule has 2 aromatic heterocycles. The molecule has 2 heterocycles. The molecule has 2 aromatic rings. The second-order valence-corrected chi connectivity index (χ2v) is 5.49. The first-order valence-electron chi connectivity index (χ1n) is 7.69. The van der Waals surface area contributed by atoms with Crippen LogP contribution in [0.1, 0.15) is 35.8 Å². The van der Waals surface area contributed by atoms with Crippen LogP contribution in [-0.2, 0) is 11.0 Å². The lowest BCUT2D eigenvalue weighted by atomic mass is 10.0. The number of amides is 1. The monoisotopic (exact) mass is 371 g/mol. The number of halogens is 3. The Morgan fingerprint density at radius 1 is 1.35 bits per heavy atom. The number of carbonyl (C=O) groups excluding carboxylic acids is 1. The van der Waals surface area contributed by atoms with E-state index in [-0.39, 0.29) is 18.1 Å². The number of pyridine rings is 1.